The Bertz CT molecular complexity index is 924. The van der Waals surface area contributed by atoms with Gasteiger partial charge in [-0.1, -0.05) is 12.1 Å². The molecule has 0 bridgehead atoms. The Labute approximate surface area is 147 Å². The summed E-state index contributed by atoms with van der Waals surface area (Å²) in [6.45, 7) is 1.39. The molecule has 0 saturated carbocycles. The van der Waals surface area contributed by atoms with Gasteiger partial charge in [0.25, 0.3) is 0 Å². The largest absolute Gasteiger partial charge is 0.497 e. The fraction of sp³-hybridized carbons (Fsp3) is 0.250. The van der Waals surface area contributed by atoms with Crippen molar-refractivity contribution < 1.29 is 9.47 Å². The van der Waals surface area contributed by atoms with Gasteiger partial charge in [0.05, 0.1) is 25.3 Å². The molecule has 2 heterocycles. The maximum absolute atomic E-state index is 9.53. The highest BCUT2D eigenvalue weighted by Gasteiger charge is 2.13. The van der Waals surface area contributed by atoms with E-state index in [-0.39, 0.29) is 0 Å². The molecular formula is C20H21N3O2. The van der Waals surface area contributed by atoms with E-state index < -0.39 is 0 Å². The van der Waals surface area contributed by atoms with Gasteiger partial charge in [0.2, 0.25) is 0 Å². The van der Waals surface area contributed by atoms with Crippen molar-refractivity contribution in [2.24, 2.45) is 0 Å². The number of benzene rings is 1. The number of rotatable bonds is 6. The van der Waals surface area contributed by atoms with E-state index in [0.717, 1.165) is 33.7 Å². The number of hydrogen-bond donors (Lipinski definition) is 0. The molecule has 0 saturated heterocycles. The number of nitrogens with zero attached hydrogens (tertiary/aromatic N) is 3. The summed E-state index contributed by atoms with van der Waals surface area (Å²) in [6.07, 6.45) is 3.99. The van der Waals surface area contributed by atoms with Crippen LogP contribution in [-0.2, 0) is 13.1 Å². The molecule has 2 aromatic heterocycles. The van der Waals surface area contributed by atoms with Gasteiger partial charge in [-0.25, -0.2) is 0 Å². The molecule has 128 valence electrons. The summed E-state index contributed by atoms with van der Waals surface area (Å²) < 4.78 is 12.7. The molecule has 5 heteroatoms. The SMILES string of the molecule is COc1ccc(CN(C)Cc2cn3ccccc3c2C#N)c(OC)c1. The highest BCUT2D eigenvalue weighted by Crippen LogP contribution is 2.26. The van der Waals surface area contributed by atoms with E-state index in [0.29, 0.717) is 13.1 Å². The molecule has 0 N–H and O–H groups in total. The Balaban J connectivity index is 1.82. The molecule has 0 spiro atoms. The zero-order valence-corrected chi connectivity index (χ0v) is 14.7. The van der Waals surface area contributed by atoms with Crippen LogP contribution in [0.2, 0.25) is 0 Å². The van der Waals surface area contributed by atoms with Gasteiger partial charge in [-0.05, 0) is 25.2 Å². The second-order valence-corrected chi connectivity index (χ2v) is 5.98. The lowest BCUT2D eigenvalue weighted by molar-refractivity contribution is 0.309. The van der Waals surface area contributed by atoms with Crippen molar-refractivity contribution >= 4 is 5.52 Å². The first-order chi connectivity index (χ1) is 12.2. The van der Waals surface area contributed by atoms with Crippen molar-refractivity contribution in [1.29, 1.82) is 5.26 Å². The van der Waals surface area contributed by atoms with Crippen molar-refractivity contribution in [3.05, 3.63) is 65.5 Å². The Kier molecular flexibility index (Phi) is 4.92. The summed E-state index contributed by atoms with van der Waals surface area (Å²) in [6, 6.07) is 14.0. The predicted molar refractivity (Wildman–Crippen MR) is 96.8 cm³/mol. The van der Waals surface area contributed by atoms with Crippen LogP contribution in [0.15, 0.2) is 48.8 Å². The van der Waals surface area contributed by atoms with Gasteiger partial charge in [-0.15, -0.1) is 0 Å². The number of fused-ring (bicyclic) bond motifs is 1. The summed E-state index contributed by atoms with van der Waals surface area (Å²) in [7, 11) is 5.33. The molecule has 0 fully saturated rings. The van der Waals surface area contributed by atoms with Crippen LogP contribution >= 0.6 is 0 Å². The third-order valence-electron chi connectivity index (χ3n) is 4.25. The molecule has 0 radical (unpaired) electrons. The standard InChI is InChI=1S/C20H21N3O2/c1-22(12-15-7-8-17(24-2)10-20(15)25-3)13-16-14-23-9-5-4-6-19(23)18(16)11-21/h4-10,14H,12-13H2,1-3H3. The number of ether oxygens (including phenoxy) is 2. The van der Waals surface area contributed by atoms with Crippen molar-refractivity contribution in [2.45, 2.75) is 13.1 Å². The molecule has 0 aliphatic heterocycles. The first-order valence-corrected chi connectivity index (χ1v) is 8.04. The van der Waals surface area contributed by atoms with E-state index in [1.165, 1.54) is 0 Å². The molecule has 3 rings (SSSR count). The first kappa shape index (κ1) is 16.9. The third-order valence-corrected chi connectivity index (χ3v) is 4.25. The summed E-state index contributed by atoms with van der Waals surface area (Å²) in [5.74, 6) is 1.57. The van der Waals surface area contributed by atoms with Crippen LogP contribution in [0.3, 0.4) is 0 Å². The number of hydrogen-bond acceptors (Lipinski definition) is 4. The smallest absolute Gasteiger partial charge is 0.127 e. The number of methoxy groups -OCH3 is 2. The summed E-state index contributed by atoms with van der Waals surface area (Å²) in [4.78, 5) is 2.17. The fourth-order valence-electron chi connectivity index (χ4n) is 3.05. The van der Waals surface area contributed by atoms with E-state index in [2.05, 4.69) is 11.0 Å². The Morgan fingerprint density at radius 2 is 1.88 bits per heavy atom. The minimum Gasteiger partial charge on any atom is -0.497 e. The minimum absolute atomic E-state index is 0.680. The Morgan fingerprint density at radius 3 is 2.60 bits per heavy atom. The fourth-order valence-corrected chi connectivity index (χ4v) is 3.05. The molecule has 1 aromatic carbocycles. The van der Waals surface area contributed by atoms with Crippen molar-refractivity contribution in [3.63, 3.8) is 0 Å². The molecule has 0 amide bonds. The predicted octanol–water partition coefficient (Wildman–Crippen LogP) is 3.46. The molecule has 0 unspecified atom stereocenters. The lowest BCUT2D eigenvalue weighted by Gasteiger charge is -2.18. The quantitative estimate of drug-likeness (QED) is 0.692. The van der Waals surface area contributed by atoms with Crippen LogP contribution in [0, 0.1) is 11.3 Å². The lowest BCUT2D eigenvalue weighted by atomic mass is 10.1. The molecule has 25 heavy (non-hydrogen) atoms. The van der Waals surface area contributed by atoms with Crippen LogP contribution in [0.25, 0.3) is 5.52 Å². The van der Waals surface area contributed by atoms with Gasteiger partial charge >= 0.3 is 0 Å². The van der Waals surface area contributed by atoms with Crippen LogP contribution in [0.1, 0.15) is 16.7 Å². The van der Waals surface area contributed by atoms with E-state index in [1.54, 1.807) is 14.2 Å². The van der Waals surface area contributed by atoms with Crippen LogP contribution in [0.4, 0.5) is 0 Å². The first-order valence-electron chi connectivity index (χ1n) is 8.04. The zero-order chi connectivity index (χ0) is 17.8. The van der Waals surface area contributed by atoms with Gasteiger partial charge in [-0.3, -0.25) is 4.90 Å². The summed E-state index contributed by atoms with van der Waals surface area (Å²) in [5, 5.41) is 9.53. The van der Waals surface area contributed by atoms with Gasteiger partial charge in [-0.2, -0.15) is 5.26 Å². The minimum atomic E-state index is 0.680. The highest BCUT2D eigenvalue weighted by atomic mass is 16.5. The van der Waals surface area contributed by atoms with Crippen LogP contribution in [0.5, 0.6) is 11.5 Å². The normalized spacial score (nSPS) is 10.8. The van der Waals surface area contributed by atoms with Gasteiger partial charge < -0.3 is 13.9 Å². The van der Waals surface area contributed by atoms with Crippen LogP contribution < -0.4 is 9.47 Å². The van der Waals surface area contributed by atoms with Gasteiger partial charge in [0.1, 0.15) is 17.6 Å². The Hall–Kier alpha value is -2.97. The second-order valence-electron chi connectivity index (χ2n) is 5.98. The molecule has 5 nitrogen and oxygen atoms in total. The van der Waals surface area contributed by atoms with Gasteiger partial charge in [0.15, 0.2) is 0 Å². The lowest BCUT2D eigenvalue weighted by Crippen LogP contribution is -2.18. The molecule has 0 atom stereocenters. The Morgan fingerprint density at radius 1 is 1.08 bits per heavy atom. The van der Waals surface area contributed by atoms with E-state index in [4.69, 9.17) is 9.47 Å². The van der Waals surface area contributed by atoms with E-state index >= 15 is 0 Å². The molecule has 0 aliphatic rings. The number of pyridine rings is 1. The summed E-state index contributed by atoms with van der Waals surface area (Å²) in [5.41, 5.74) is 3.77. The number of aromatic nitrogens is 1. The van der Waals surface area contributed by atoms with E-state index in [9.17, 15) is 5.26 Å². The molecular weight excluding hydrogens is 314 g/mol. The van der Waals surface area contributed by atoms with Crippen molar-refractivity contribution in [1.82, 2.24) is 9.30 Å². The van der Waals surface area contributed by atoms with Crippen molar-refractivity contribution in [3.8, 4) is 17.6 Å². The maximum Gasteiger partial charge on any atom is 0.127 e. The number of nitriles is 1. The summed E-state index contributed by atoms with van der Waals surface area (Å²) >= 11 is 0. The van der Waals surface area contributed by atoms with E-state index in [1.807, 2.05) is 60.2 Å². The third kappa shape index (κ3) is 3.44. The molecule has 3 aromatic rings. The average Bonchev–Trinajstić information content (AvgIpc) is 2.98. The van der Waals surface area contributed by atoms with Crippen LogP contribution in [-0.4, -0.2) is 30.6 Å². The highest BCUT2D eigenvalue weighted by molar-refractivity contribution is 5.65. The van der Waals surface area contributed by atoms with Crippen molar-refractivity contribution in [2.75, 3.05) is 21.3 Å². The monoisotopic (exact) mass is 335 g/mol. The molecule has 0 aliphatic carbocycles. The zero-order valence-electron chi connectivity index (χ0n) is 14.7. The second kappa shape index (κ2) is 7.29. The average molecular weight is 335 g/mol. The topological polar surface area (TPSA) is 49.9 Å². The maximum atomic E-state index is 9.53. The van der Waals surface area contributed by atoms with Gasteiger partial charge in [0, 0.05) is 42.7 Å².